The lowest BCUT2D eigenvalue weighted by Crippen LogP contribution is -2.48. The molecule has 1 amide bonds. The van der Waals surface area contributed by atoms with E-state index in [4.69, 9.17) is 0 Å². The molecule has 10 nitrogen and oxygen atoms in total. The average Bonchev–Trinajstić information content (AvgIpc) is 3.21. The SMILES string of the molecule is O=C(NCCCCc1ccccc1)[C@H](Cc1ccc(N2C=C(O)NS2(=O)=O)cc1)NS(=O)(=O)c1ccccc1. The smallest absolute Gasteiger partial charge is 0.330 e. The summed E-state index contributed by atoms with van der Waals surface area (Å²) >= 11 is 0. The Kier molecular flexibility index (Phi) is 8.90. The van der Waals surface area contributed by atoms with Crippen molar-refractivity contribution in [3.05, 3.63) is 108 Å². The van der Waals surface area contributed by atoms with Crippen molar-refractivity contribution in [3.63, 3.8) is 0 Å². The van der Waals surface area contributed by atoms with Crippen molar-refractivity contribution in [1.82, 2.24) is 14.8 Å². The molecule has 0 spiro atoms. The summed E-state index contributed by atoms with van der Waals surface area (Å²) < 4.78 is 55.6. The van der Waals surface area contributed by atoms with Crippen LogP contribution < -0.4 is 19.1 Å². The van der Waals surface area contributed by atoms with Gasteiger partial charge in [-0.1, -0.05) is 60.7 Å². The van der Waals surface area contributed by atoms with Crippen LogP contribution in [0.2, 0.25) is 0 Å². The van der Waals surface area contributed by atoms with E-state index in [0.29, 0.717) is 12.1 Å². The second kappa shape index (κ2) is 12.3. The number of hydrogen-bond donors (Lipinski definition) is 4. The third-order valence-electron chi connectivity index (χ3n) is 6.06. The van der Waals surface area contributed by atoms with Gasteiger partial charge < -0.3 is 10.4 Å². The molecule has 12 heteroatoms. The normalized spacial score (nSPS) is 15.3. The molecule has 0 saturated carbocycles. The molecule has 0 aromatic heterocycles. The number of rotatable bonds is 12. The molecular formula is C27H30N4O6S2. The van der Waals surface area contributed by atoms with Crippen molar-refractivity contribution in [2.75, 3.05) is 10.8 Å². The Morgan fingerprint density at radius 2 is 1.54 bits per heavy atom. The van der Waals surface area contributed by atoms with Crippen molar-refractivity contribution in [1.29, 1.82) is 0 Å². The van der Waals surface area contributed by atoms with Crippen LogP contribution in [-0.4, -0.2) is 40.4 Å². The van der Waals surface area contributed by atoms with E-state index in [-0.39, 0.29) is 17.0 Å². The fourth-order valence-corrected chi connectivity index (χ4v) is 6.36. The van der Waals surface area contributed by atoms with Gasteiger partial charge in [0.25, 0.3) is 0 Å². The number of anilines is 1. The lowest BCUT2D eigenvalue weighted by Gasteiger charge is -2.20. The van der Waals surface area contributed by atoms with Gasteiger partial charge >= 0.3 is 10.2 Å². The topological polar surface area (TPSA) is 145 Å². The average molecular weight is 571 g/mol. The fourth-order valence-electron chi connectivity index (χ4n) is 4.09. The van der Waals surface area contributed by atoms with Crippen LogP contribution in [0.25, 0.3) is 0 Å². The highest BCUT2D eigenvalue weighted by Gasteiger charge is 2.29. The summed E-state index contributed by atoms with van der Waals surface area (Å²) in [6.07, 6.45) is 3.54. The van der Waals surface area contributed by atoms with Crippen LogP contribution in [0.15, 0.2) is 102 Å². The van der Waals surface area contributed by atoms with Gasteiger partial charge in [0.05, 0.1) is 16.8 Å². The molecule has 0 fully saturated rings. The highest BCUT2D eigenvalue weighted by atomic mass is 32.2. The van der Waals surface area contributed by atoms with Gasteiger partial charge in [-0.05, 0) is 61.1 Å². The van der Waals surface area contributed by atoms with E-state index in [1.54, 1.807) is 30.3 Å². The number of aliphatic hydroxyl groups excluding tert-OH is 1. The Morgan fingerprint density at radius 1 is 0.897 bits per heavy atom. The molecule has 3 aromatic carbocycles. The van der Waals surface area contributed by atoms with Gasteiger partial charge in [-0.2, -0.15) is 13.1 Å². The summed E-state index contributed by atoms with van der Waals surface area (Å²) in [6, 6.07) is 22.9. The zero-order valence-electron chi connectivity index (χ0n) is 21.0. The first-order valence-electron chi connectivity index (χ1n) is 12.3. The number of aryl methyl sites for hydroxylation is 1. The Bertz CT molecular complexity index is 1510. The van der Waals surface area contributed by atoms with Crippen LogP contribution in [0.5, 0.6) is 0 Å². The molecule has 4 N–H and O–H groups in total. The van der Waals surface area contributed by atoms with Crippen LogP contribution in [-0.2, 0) is 37.9 Å². The molecule has 0 radical (unpaired) electrons. The molecule has 1 heterocycles. The zero-order chi connectivity index (χ0) is 27.9. The number of unbranched alkanes of at least 4 members (excludes halogenated alkanes) is 1. The summed E-state index contributed by atoms with van der Waals surface area (Å²) in [7, 11) is -7.92. The van der Waals surface area contributed by atoms with E-state index in [1.807, 2.05) is 35.1 Å². The summed E-state index contributed by atoms with van der Waals surface area (Å²) in [5, 5.41) is 12.4. The highest BCUT2D eigenvalue weighted by Crippen LogP contribution is 2.23. The quantitative estimate of drug-likeness (QED) is 0.247. The number of sulfonamides is 1. The van der Waals surface area contributed by atoms with Crippen molar-refractivity contribution in [2.45, 2.75) is 36.6 Å². The lowest BCUT2D eigenvalue weighted by molar-refractivity contribution is -0.122. The van der Waals surface area contributed by atoms with Crippen molar-refractivity contribution in [3.8, 4) is 0 Å². The van der Waals surface area contributed by atoms with E-state index in [0.717, 1.165) is 29.8 Å². The summed E-state index contributed by atoms with van der Waals surface area (Å²) in [5.74, 6) is -0.965. The standard InChI is InChI=1S/C27H30N4O6S2/c32-26-20-31(39(36,37)30-26)23-16-14-22(15-17-23)19-25(29-38(34,35)24-12-5-2-6-13-24)27(33)28-18-8-7-11-21-9-3-1-4-10-21/h1-6,9-10,12-17,20,25,29-30,32H,7-8,11,18-19H2,(H,28,33)/t25-/m0/s1. The summed E-state index contributed by atoms with van der Waals surface area (Å²) in [5.41, 5.74) is 2.08. The van der Waals surface area contributed by atoms with E-state index < -0.39 is 38.1 Å². The maximum atomic E-state index is 13.1. The molecule has 1 aliphatic rings. The number of carbonyl (C=O) groups excluding carboxylic acids is 1. The van der Waals surface area contributed by atoms with Crippen molar-refractivity contribution < 1.29 is 26.7 Å². The van der Waals surface area contributed by atoms with Gasteiger partial charge in [-0.3, -0.25) is 4.79 Å². The Balaban J connectivity index is 1.43. The van der Waals surface area contributed by atoms with E-state index in [1.165, 1.54) is 29.8 Å². The molecule has 0 unspecified atom stereocenters. The molecule has 3 aromatic rings. The third kappa shape index (κ3) is 7.59. The largest absolute Gasteiger partial charge is 0.493 e. The first kappa shape index (κ1) is 28.1. The van der Waals surface area contributed by atoms with E-state index in [9.17, 15) is 26.7 Å². The van der Waals surface area contributed by atoms with Gasteiger partial charge in [-0.25, -0.2) is 17.4 Å². The lowest BCUT2D eigenvalue weighted by atomic mass is 10.1. The Hall–Kier alpha value is -3.87. The van der Waals surface area contributed by atoms with Gasteiger partial charge in [0.2, 0.25) is 21.8 Å². The van der Waals surface area contributed by atoms with E-state index >= 15 is 0 Å². The number of benzene rings is 3. The van der Waals surface area contributed by atoms with Gasteiger partial charge in [-0.15, -0.1) is 0 Å². The maximum absolute atomic E-state index is 13.1. The van der Waals surface area contributed by atoms with Gasteiger partial charge in [0, 0.05) is 6.54 Å². The van der Waals surface area contributed by atoms with Crippen LogP contribution in [0.4, 0.5) is 5.69 Å². The molecule has 0 bridgehead atoms. The number of aliphatic hydroxyl groups is 1. The van der Waals surface area contributed by atoms with Crippen LogP contribution in [0.3, 0.4) is 0 Å². The van der Waals surface area contributed by atoms with Crippen molar-refractivity contribution in [2.24, 2.45) is 0 Å². The first-order valence-corrected chi connectivity index (χ1v) is 15.3. The second-order valence-corrected chi connectivity index (χ2v) is 12.3. The predicted octanol–water partition coefficient (Wildman–Crippen LogP) is 2.73. The van der Waals surface area contributed by atoms with Crippen LogP contribution in [0, 0.1) is 0 Å². The fraction of sp³-hybridized carbons (Fsp3) is 0.222. The number of amides is 1. The number of nitrogens with zero attached hydrogens (tertiary/aromatic N) is 1. The van der Waals surface area contributed by atoms with Crippen LogP contribution in [0.1, 0.15) is 24.0 Å². The van der Waals surface area contributed by atoms with Gasteiger partial charge in [0.15, 0.2) is 0 Å². The van der Waals surface area contributed by atoms with Gasteiger partial charge in [0.1, 0.15) is 6.04 Å². The molecular weight excluding hydrogens is 540 g/mol. The summed E-state index contributed by atoms with van der Waals surface area (Å²) in [6.45, 7) is 0.393. The molecule has 4 rings (SSSR count). The summed E-state index contributed by atoms with van der Waals surface area (Å²) in [4.78, 5) is 13.2. The van der Waals surface area contributed by atoms with E-state index in [2.05, 4.69) is 10.0 Å². The number of carbonyl (C=O) groups is 1. The molecule has 1 atom stereocenters. The predicted molar refractivity (Wildman–Crippen MR) is 148 cm³/mol. The maximum Gasteiger partial charge on any atom is 0.330 e. The Morgan fingerprint density at radius 3 is 2.15 bits per heavy atom. The minimum Gasteiger partial charge on any atom is -0.493 e. The molecule has 39 heavy (non-hydrogen) atoms. The molecule has 1 aliphatic heterocycles. The number of hydrogen-bond acceptors (Lipinski definition) is 6. The van der Waals surface area contributed by atoms with Crippen molar-refractivity contribution >= 4 is 31.8 Å². The zero-order valence-corrected chi connectivity index (χ0v) is 22.7. The molecule has 0 aliphatic carbocycles. The highest BCUT2D eigenvalue weighted by molar-refractivity contribution is 7.91. The second-order valence-electron chi connectivity index (χ2n) is 9.01. The minimum absolute atomic E-state index is 0.0360. The molecule has 0 saturated heterocycles. The van der Waals surface area contributed by atoms with Crippen LogP contribution >= 0.6 is 0 Å². The monoisotopic (exact) mass is 570 g/mol. The molecule has 206 valence electrons. The number of nitrogens with one attached hydrogen (secondary N) is 3. The third-order valence-corrected chi connectivity index (χ3v) is 8.85. The minimum atomic E-state index is -3.98. The Labute approximate surface area is 228 Å². The first-order chi connectivity index (χ1) is 18.6.